The van der Waals surface area contributed by atoms with Crippen molar-refractivity contribution in [1.82, 2.24) is 0 Å². The van der Waals surface area contributed by atoms with Gasteiger partial charge in [-0.3, -0.25) is 10.1 Å². The largest absolute Gasteiger partial charge is 0.393 e. The molecule has 1 aromatic carbocycles. The number of nitro benzene ring substituents is 1. The molecule has 2 rings (SSSR count). The van der Waals surface area contributed by atoms with Gasteiger partial charge in [0.25, 0.3) is 5.69 Å². The van der Waals surface area contributed by atoms with E-state index in [-0.39, 0.29) is 16.7 Å². The van der Waals surface area contributed by atoms with Crippen LogP contribution in [0, 0.1) is 24.0 Å². The van der Waals surface area contributed by atoms with Crippen LogP contribution < -0.4 is 4.90 Å². The van der Waals surface area contributed by atoms with Crippen LogP contribution in [0.25, 0.3) is 0 Å². The van der Waals surface area contributed by atoms with Crippen molar-refractivity contribution in [3.05, 3.63) is 33.4 Å². The fourth-order valence-corrected chi connectivity index (χ4v) is 2.29. The second-order valence-electron chi connectivity index (χ2n) is 4.90. The molecular formula is C13H18N2O3. The van der Waals surface area contributed by atoms with Crippen LogP contribution >= 0.6 is 0 Å². The number of piperidine rings is 1. The van der Waals surface area contributed by atoms with Gasteiger partial charge < -0.3 is 10.0 Å². The second kappa shape index (κ2) is 4.94. The van der Waals surface area contributed by atoms with E-state index < -0.39 is 0 Å². The molecular weight excluding hydrogens is 232 g/mol. The molecule has 1 heterocycles. The van der Waals surface area contributed by atoms with E-state index >= 15 is 0 Å². The highest BCUT2D eigenvalue weighted by atomic mass is 16.6. The first kappa shape index (κ1) is 12.8. The SMILES string of the molecule is Cc1cc(N2CCC(O)CC2)c([N+](=O)[O-])cc1C. The van der Waals surface area contributed by atoms with Crippen molar-refractivity contribution in [2.45, 2.75) is 32.8 Å². The minimum Gasteiger partial charge on any atom is -0.393 e. The summed E-state index contributed by atoms with van der Waals surface area (Å²) in [6.45, 7) is 5.18. The van der Waals surface area contributed by atoms with Crippen LogP contribution in [-0.4, -0.2) is 29.2 Å². The lowest BCUT2D eigenvalue weighted by molar-refractivity contribution is -0.384. The van der Waals surface area contributed by atoms with Crippen LogP contribution in [0.15, 0.2) is 12.1 Å². The molecule has 98 valence electrons. The van der Waals surface area contributed by atoms with Crippen LogP contribution in [0.2, 0.25) is 0 Å². The Balaban J connectivity index is 2.36. The Bertz CT molecular complexity index is 466. The predicted octanol–water partition coefficient (Wildman–Crippen LogP) is 2.17. The van der Waals surface area contributed by atoms with Crippen LogP contribution in [0.5, 0.6) is 0 Å². The average molecular weight is 250 g/mol. The molecule has 0 aromatic heterocycles. The maximum Gasteiger partial charge on any atom is 0.292 e. The fourth-order valence-electron chi connectivity index (χ4n) is 2.29. The van der Waals surface area contributed by atoms with E-state index in [1.165, 1.54) is 0 Å². The van der Waals surface area contributed by atoms with Gasteiger partial charge >= 0.3 is 0 Å². The lowest BCUT2D eigenvalue weighted by atomic mass is 10.0. The van der Waals surface area contributed by atoms with Crippen molar-refractivity contribution < 1.29 is 10.0 Å². The molecule has 0 radical (unpaired) electrons. The average Bonchev–Trinajstić information content (AvgIpc) is 2.33. The smallest absolute Gasteiger partial charge is 0.292 e. The number of benzene rings is 1. The third-order valence-electron chi connectivity index (χ3n) is 3.59. The van der Waals surface area contributed by atoms with E-state index in [1.807, 2.05) is 24.8 Å². The Kier molecular flexibility index (Phi) is 3.52. The van der Waals surface area contributed by atoms with E-state index in [1.54, 1.807) is 6.07 Å². The summed E-state index contributed by atoms with van der Waals surface area (Å²) >= 11 is 0. The van der Waals surface area contributed by atoms with E-state index in [2.05, 4.69) is 0 Å². The Hall–Kier alpha value is -1.62. The minimum atomic E-state index is -0.327. The first-order valence-electron chi connectivity index (χ1n) is 6.17. The lowest BCUT2D eigenvalue weighted by Gasteiger charge is -2.31. The Morgan fingerprint density at radius 1 is 1.28 bits per heavy atom. The number of nitro groups is 1. The highest BCUT2D eigenvalue weighted by Gasteiger charge is 2.24. The highest BCUT2D eigenvalue weighted by Crippen LogP contribution is 2.32. The Morgan fingerprint density at radius 3 is 2.39 bits per heavy atom. The van der Waals surface area contributed by atoms with E-state index in [0.29, 0.717) is 31.6 Å². The van der Waals surface area contributed by atoms with Gasteiger partial charge in [-0.05, 0) is 43.9 Å². The first-order valence-corrected chi connectivity index (χ1v) is 6.17. The van der Waals surface area contributed by atoms with Gasteiger partial charge in [0.2, 0.25) is 0 Å². The van der Waals surface area contributed by atoms with Gasteiger partial charge in [-0.25, -0.2) is 0 Å². The maximum atomic E-state index is 11.1. The Morgan fingerprint density at radius 2 is 1.83 bits per heavy atom. The number of aliphatic hydroxyl groups is 1. The zero-order chi connectivity index (χ0) is 13.3. The number of aliphatic hydroxyl groups excluding tert-OH is 1. The zero-order valence-electron chi connectivity index (χ0n) is 10.7. The summed E-state index contributed by atoms with van der Waals surface area (Å²) < 4.78 is 0. The molecule has 1 aromatic rings. The van der Waals surface area contributed by atoms with Crippen LogP contribution in [0.1, 0.15) is 24.0 Å². The standard InChI is InChI=1S/C13H18N2O3/c1-9-7-12(13(15(17)18)8-10(9)2)14-5-3-11(16)4-6-14/h7-8,11,16H,3-6H2,1-2H3. The van der Waals surface area contributed by atoms with E-state index in [9.17, 15) is 15.2 Å². The number of rotatable bonds is 2. The van der Waals surface area contributed by atoms with Gasteiger partial charge in [0.1, 0.15) is 5.69 Å². The van der Waals surface area contributed by atoms with Crippen molar-refractivity contribution in [1.29, 1.82) is 0 Å². The van der Waals surface area contributed by atoms with Gasteiger partial charge in [0.05, 0.1) is 11.0 Å². The lowest BCUT2D eigenvalue weighted by Crippen LogP contribution is -2.36. The van der Waals surface area contributed by atoms with Crippen LogP contribution in [0.3, 0.4) is 0 Å². The van der Waals surface area contributed by atoms with Gasteiger partial charge in [-0.1, -0.05) is 0 Å². The number of nitrogens with zero attached hydrogens (tertiary/aromatic N) is 2. The van der Waals surface area contributed by atoms with Gasteiger partial charge in [-0.2, -0.15) is 0 Å². The number of aryl methyl sites for hydroxylation is 2. The molecule has 0 unspecified atom stereocenters. The predicted molar refractivity (Wildman–Crippen MR) is 70.0 cm³/mol. The molecule has 5 heteroatoms. The molecule has 1 fully saturated rings. The number of anilines is 1. The van der Waals surface area contributed by atoms with Crippen molar-refractivity contribution in [3.8, 4) is 0 Å². The summed E-state index contributed by atoms with van der Waals surface area (Å²) in [7, 11) is 0. The van der Waals surface area contributed by atoms with Crippen molar-refractivity contribution >= 4 is 11.4 Å². The molecule has 0 bridgehead atoms. The van der Waals surface area contributed by atoms with Crippen molar-refractivity contribution in [3.63, 3.8) is 0 Å². The van der Waals surface area contributed by atoms with Crippen LogP contribution in [0.4, 0.5) is 11.4 Å². The quantitative estimate of drug-likeness (QED) is 0.645. The summed E-state index contributed by atoms with van der Waals surface area (Å²) in [4.78, 5) is 12.8. The summed E-state index contributed by atoms with van der Waals surface area (Å²) in [6, 6.07) is 3.51. The second-order valence-corrected chi connectivity index (χ2v) is 4.90. The molecule has 0 amide bonds. The monoisotopic (exact) mass is 250 g/mol. The summed E-state index contributed by atoms with van der Waals surface area (Å²) in [6.07, 6.45) is 1.07. The summed E-state index contributed by atoms with van der Waals surface area (Å²) in [5, 5.41) is 20.6. The molecule has 1 N–H and O–H groups in total. The first-order chi connectivity index (χ1) is 8.49. The molecule has 5 nitrogen and oxygen atoms in total. The number of hydrogen-bond donors (Lipinski definition) is 1. The normalized spacial score (nSPS) is 16.9. The summed E-state index contributed by atoms with van der Waals surface area (Å²) in [5.41, 5.74) is 2.83. The molecule has 0 atom stereocenters. The third kappa shape index (κ3) is 2.46. The van der Waals surface area contributed by atoms with E-state index in [4.69, 9.17) is 0 Å². The van der Waals surface area contributed by atoms with Crippen LogP contribution in [-0.2, 0) is 0 Å². The highest BCUT2D eigenvalue weighted by molar-refractivity contribution is 5.66. The van der Waals surface area contributed by atoms with Gasteiger partial charge in [0.15, 0.2) is 0 Å². The number of hydrogen-bond acceptors (Lipinski definition) is 4. The third-order valence-corrected chi connectivity index (χ3v) is 3.59. The van der Waals surface area contributed by atoms with Crippen molar-refractivity contribution in [2.75, 3.05) is 18.0 Å². The molecule has 1 aliphatic heterocycles. The van der Waals surface area contributed by atoms with Gasteiger partial charge in [-0.15, -0.1) is 0 Å². The maximum absolute atomic E-state index is 11.1. The molecule has 0 aliphatic carbocycles. The molecule has 0 spiro atoms. The molecule has 0 saturated carbocycles. The molecule has 18 heavy (non-hydrogen) atoms. The molecule has 1 saturated heterocycles. The summed E-state index contributed by atoms with van der Waals surface area (Å²) in [5.74, 6) is 0. The van der Waals surface area contributed by atoms with Crippen molar-refractivity contribution in [2.24, 2.45) is 0 Å². The van der Waals surface area contributed by atoms with Gasteiger partial charge in [0, 0.05) is 19.2 Å². The minimum absolute atomic E-state index is 0.162. The fraction of sp³-hybridized carbons (Fsp3) is 0.538. The molecule has 1 aliphatic rings. The zero-order valence-corrected chi connectivity index (χ0v) is 10.7. The van der Waals surface area contributed by atoms with E-state index in [0.717, 1.165) is 11.1 Å². The Labute approximate surface area is 106 Å². The topological polar surface area (TPSA) is 66.6 Å².